The van der Waals surface area contributed by atoms with Crippen LogP contribution in [0.4, 0.5) is 17.1 Å². The van der Waals surface area contributed by atoms with Crippen LogP contribution in [0.2, 0.25) is 0 Å². The van der Waals surface area contributed by atoms with Crippen molar-refractivity contribution in [2.45, 2.75) is 6.61 Å². The molecule has 0 saturated heterocycles. The van der Waals surface area contributed by atoms with Gasteiger partial charge in [0.15, 0.2) is 0 Å². The largest absolute Gasteiger partial charge is 0.380 e. The molecule has 0 radical (unpaired) electrons. The minimum atomic E-state index is -0.285. The molecule has 3 aromatic rings. The zero-order valence-electron chi connectivity index (χ0n) is 16.9. The molecule has 1 aliphatic heterocycles. The van der Waals surface area contributed by atoms with Gasteiger partial charge in [-0.1, -0.05) is 24.3 Å². The molecular weight excluding hydrogens is 394 g/mol. The van der Waals surface area contributed by atoms with Crippen molar-refractivity contribution in [2.75, 3.05) is 29.2 Å². The Kier molecular flexibility index (Phi) is 5.77. The number of para-hydroxylation sites is 2. The number of amides is 3. The molecule has 0 unspecified atom stereocenters. The summed E-state index contributed by atoms with van der Waals surface area (Å²) in [5.41, 5.74) is 3.67. The molecule has 7 nitrogen and oxygen atoms in total. The fourth-order valence-electron chi connectivity index (χ4n) is 3.44. The standard InChI is InChI=1S/C24H21N3O4/c1-31-15-16-5-4-6-18(13-16)23(29)25-19-11-9-17(10-12-19)24(30)27-14-22(28)26-20-7-2-3-8-21(20)27/h2-13H,14-15H2,1H3,(H,25,29)(H,26,28). The quantitative estimate of drug-likeness (QED) is 0.665. The number of nitrogens with zero attached hydrogens (tertiary/aromatic N) is 1. The van der Waals surface area contributed by atoms with Crippen LogP contribution < -0.4 is 15.5 Å². The molecule has 1 heterocycles. The number of carbonyl (C=O) groups is 3. The fourth-order valence-corrected chi connectivity index (χ4v) is 3.44. The van der Waals surface area contributed by atoms with Crippen LogP contribution in [0.3, 0.4) is 0 Å². The maximum absolute atomic E-state index is 13.0. The van der Waals surface area contributed by atoms with Crippen molar-refractivity contribution in [1.82, 2.24) is 0 Å². The van der Waals surface area contributed by atoms with Crippen molar-refractivity contribution >= 4 is 34.8 Å². The zero-order valence-corrected chi connectivity index (χ0v) is 16.9. The van der Waals surface area contributed by atoms with Crippen LogP contribution in [0, 0.1) is 0 Å². The summed E-state index contributed by atoms with van der Waals surface area (Å²) in [4.78, 5) is 39.0. The molecule has 0 aliphatic carbocycles. The highest BCUT2D eigenvalue weighted by Crippen LogP contribution is 2.30. The lowest BCUT2D eigenvalue weighted by atomic mass is 10.1. The highest BCUT2D eigenvalue weighted by atomic mass is 16.5. The van der Waals surface area contributed by atoms with E-state index in [4.69, 9.17) is 4.74 Å². The molecule has 4 rings (SSSR count). The maximum atomic E-state index is 13.0. The Hall–Kier alpha value is -3.97. The van der Waals surface area contributed by atoms with E-state index in [9.17, 15) is 14.4 Å². The Balaban J connectivity index is 1.48. The number of hydrogen-bond donors (Lipinski definition) is 2. The third-order valence-electron chi connectivity index (χ3n) is 4.91. The molecule has 156 valence electrons. The lowest BCUT2D eigenvalue weighted by Gasteiger charge is -2.29. The van der Waals surface area contributed by atoms with Gasteiger partial charge in [0.05, 0.1) is 18.0 Å². The molecule has 0 bridgehead atoms. The van der Waals surface area contributed by atoms with Gasteiger partial charge in [0, 0.05) is 23.9 Å². The molecule has 0 aromatic heterocycles. The van der Waals surface area contributed by atoms with Crippen molar-refractivity contribution in [2.24, 2.45) is 0 Å². The van der Waals surface area contributed by atoms with Crippen LogP contribution in [0.15, 0.2) is 72.8 Å². The van der Waals surface area contributed by atoms with Gasteiger partial charge in [0.2, 0.25) is 5.91 Å². The van der Waals surface area contributed by atoms with E-state index in [-0.39, 0.29) is 24.3 Å². The van der Waals surface area contributed by atoms with E-state index in [2.05, 4.69) is 10.6 Å². The van der Waals surface area contributed by atoms with Gasteiger partial charge in [-0.05, 0) is 54.1 Å². The van der Waals surface area contributed by atoms with Crippen molar-refractivity contribution in [1.29, 1.82) is 0 Å². The van der Waals surface area contributed by atoms with Gasteiger partial charge in [0.1, 0.15) is 6.54 Å². The van der Waals surface area contributed by atoms with Crippen molar-refractivity contribution in [3.8, 4) is 0 Å². The fraction of sp³-hybridized carbons (Fsp3) is 0.125. The predicted octanol–water partition coefficient (Wildman–Crippen LogP) is 3.68. The predicted molar refractivity (Wildman–Crippen MR) is 118 cm³/mol. The lowest BCUT2D eigenvalue weighted by molar-refractivity contribution is -0.115. The van der Waals surface area contributed by atoms with Crippen LogP contribution >= 0.6 is 0 Å². The monoisotopic (exact) mass is 415 g/mol. The Labute approximate surface area is 179 Å². The molecule has 0 spiro atoms. The second kappa shape index (κ2) is 8.81. The smallest absolute Gasteiger partial charge is 0.258 e. The summed E-state index contributed by atoms with van der Waals surface area (Å²) < 4.78 is 5.10. The number of hydrogen-bond acceptors (Lipinski definition) is 4. The minimum Gasteiger partial charge on any atom is -0.380 e. The lowest BCUT2D eigenvalue weighted by Crippen LogP contribution is -2.42. The number of carbonyl (C=O) groups excluding carboxylic acids is 3. The number of methoxy groups -OCH3 is 1. The third-order valence-corrected chi connectivity index (χ3v) is 4.91. The number of rotatable bonds is 5. The van der Waals surface area contributed by atoms with Gasteiger partial charge < -0.3 is 15.4 Å². The second-order valence-corrected chi connectivity index (χ2v) is 7.12. The Morgan fingerprint density at radius 2 is 1.77 bits per heavy atom. The van der Waals surface area contributed by atoms with Crippen LogP contribution in [-0.4, -0.2) is 31.4 Å². The average molecular weight is 415 g/mol. The SMILES string of the molecule is COCc1cccc(C(=O)Nc2ccc(C(=O)N3CC(=O)Nc4ccccc43)cc2)c1. The van der Waals surface area contributed by atoms with Crippen LogP contribution in [0.25, 0.3) is 0 Å². The van der Waals surface area contributed by atoms with Crippen molar-refractivity contribution in [3.05, 3.63) is 89.5 Å². The Morgan fingerprint density at radius 3 is 2.55 bits per heavy atom. The summed E-state index contributed by atoms with van der Waals surface area (Å²) in [6.45, 7) is 0.377. The first-order valence-corrected chi connectivity index (χ1v) is 9.75. The van der Waals surface area contributed by atoms with Gasteiger partial charge in [-0.25, -0.2) is 0 Å². The molecular formula is C24H21N3O4. The summed E-state index contributed by atoms with van der Waals surface area (Å²) in [6, 6.07) is 21.0. The average Bonchev–Trinajstić information content (AvgIpc) is 2.79. The van der Waals surface area contributed by atoms with E-state index >= 15 is 0 Å². The highest BCUT2D eigenvalue weighted by molar-refractivity contribution is 6.15. The van der Waals surface area contributed by atoms with Crippen LogP contribution in [0.1, 0.15) is 26.3 Å². The number of nitrogens with one attached hydrogen (secondary N) is 2. The maximum Gasteiger partial charge on any atom is 0.258 e. The molecule has 0 saturated carbocycles. The van der Waals surface area contributed by atoms with E-state index in [0.717, 1.165) is 5.56 Å². The normalized spacial score (nSPS) is 12.7. The Bertz CT molecular complexity index is 1140. The molecule has 0 atom stereocenters. The Morgan fingerprint density at radius 1 is 1.00 bits per heavy atom. The molecule has 7 heteroatoms. The van der Waals surface area contributed by atoms with Gasteiger partial charge in [-0.15, -0.1) is 0 Å². The number of ether oxygens (including phenoxy) is 1. The first kappa shape index (κ1) is 20.3. The van der Waals surface area contributed by atoms with E-state index in [0.29, 0.717) is 34.8 Å². The van der Waals surface area contributed by atoms with Gasteiger partial charge in [-0.3, -0.25) is 19.3 Å². The second-order valence-electron chi connectivity index (χ2n) is 7.12. The zero-order chi connectivity index (χ0) is 21.8. The molecule has 1 aliphatic rings. The van der Waals surface area contributed by atoms with E-state index in [1.54, 1.807) is 67.8 Å². The van der Waals surface area contributed by atoms with Crippen molar-refractivity contribution in [3.63, 3.8) is 0 Å². The van der Waals surface area contributed by atoms with E-state index in [1.165, 1.54) is 4.90 Å². The summed E-state index contributed by atoms with van der Waals surface area (Å²) >= 11 is 0. The minimum absolute atomic E-state index is 0.0495. The molecule has 31 heavy (non-hydrogen) atoms. The van der Waals surface area contributed by atoms with Crippen LogP contribution in [-0.2, 0) is 16.1 Å². The first-order chi connectivity index (χ1) is 15.0. The highest BCUT2D eigenvalue weighted by Gasteiger charge is 2.27. The molecule has 3 aromatic carbocycles. The molecule has 0 fully saturated rings. The molecule has 2 N–H and O–H groups in total. The number of benzene rings is 3. The van der Waals surface area contributed by atoms with Crippen LogP contribution in [0.5, 0.6) is 0 Å². The van der Waals surface area contributed by atoms with Gasteiger partial charge >= 0.3 is 0 Å². The summed E-state index contributed by atoms with van der Waals surface area (Å²) in [5.74, 6) is -0.780. The topological polar surface area (TPSA) is 87.7 Å². The summed E-state index contributed by atoms with van der Waals surface area (Å²) in [6.07, 6.45) is 0. The molecule has 3 amide bonds. The van der Waals surface area contributed by atoms with E-state index < -0.39 is 0 Å². The van der Waals surface area contributed by atoms with Gasteiger partial charge in [-0.2, -0.15) is 0 Å². The number of fused-ring (bicyclic) bond motifs is 1. The summed E-state index contributed by atoms with van der Waals surface area (Å²) in [5, 5.41) is 5.59. The van der Waals surface area contributed by atoms with Gasteiger partial charge in [0.25, 0.3) is 11.8 Å². The van der Waals surface area contributed by atoms with E-state index in [1.807, 2.05) is 12.1 Å². The third kappa shape index (κ3) is 4.46. The number of anilines is 3. The van der Waals surface area contributed by atoms with Crippen molar-refractivity contribution < 1.29 is 19.1 Å². The summed E-state index contributed by atoms with van der Waals surface area (Å²) in [7, 11) is 1.60. The first-order valence-electron chi connectivity index (χ1n) is 9.75.